The van der Waals surface area contributed by atoms with Gasteiger partial charge in [-0.15, -0.1) is 0 Å². The van der Waals surface area contributed by atoms with Crippen LogP contribution in [-0.4, -0.2) is 60.8 Å². The highest BCUT2D eigenvalue weighted by Crippen LogP contribution is 2.25. The first-order chi connectivity index (χ1) is 15.0. The van der Waals surface area contributed by atoms with E-state index in [0.29, 0.717) is 10.6 Å². The van der Waals surface area contributed by atoms with Gasteiger partial charge >= 0.3 is 0 Å². The summed E-state index contributed by atoms with van der Waals surface area (Å²) in [4.78, 5) is 24.7. The maximum atomic E-state index is 13.0. The highest BCUT2D eigenvalue weighted by atomic mass is 35.5. The Bertz CT molecular complexity index is 1110. The van der Waals surface area contributed by atoms with Crippen LogP contribution in [0, 0.1) is 10.1 Å². The maximum Gasteiger partial charge on any atom is 0.269 e. The Morgan fingerprint density at radius 1 is 1.19 bits per heavy atom. The zero-order chi connectivity index (χ0) is 23.6. The molecule has 9 nitrogen and oxygen atoms in total. The number of carbonyl (C=O) groups is 1. The van der Waals surface area contributed by atoms with E-state index in [0.717, 1.165) is 0 Å². The molecular weight excluding hydrogens is 458 g/mol. The van der Waals surface area contributed by atoms with Crippen molar-refractivity contribution in [2.75, 3.05) is 20.1 Å². The Labute approximate surface area is 191 Å². The number of carbonyl (C=O) groups excluding carboxylic acids is 1. The van der Waals surface area contributed by atoms with Crippen molar-refractivity contribution in [1.82, 2.24) is 9.21 Å². The largest absolute Gasteiger partial charge is 0.373 e. The molecule has 32 heavy (non-hydrogen) atoms. The number of amides is 1. The number of nitro groups is 1. The summed E-state index contributed by atoms with van der Waals surface area (Å²) in [6.45, 7) is 4.23. The molecule has 0 bridgehead atoms. The van der Waals surface area contributed by atoms with E-state index in [4.69, 9.17) is 16.3 Å². The van der Waals surface area contributed by atoms with Gasteiger partial charge < -0.3 is 9.64 Å². The Morgan fingerprint density at radius 3 is 2.34 bits per heavy atom. The molecule has 2 aromatic carbocycles. The molecule has 1 saturated heterocycles. The molecule has 0 spiro atoms. The van der Waals surface area contributed by atoms with Crippen LogP contribution < -0.4 is 0 Å². The minimum absolute atomic E-state index is 0.0585. The molecule has 0 aromatic heterocycles. The second-order valence-corrected chi connectivity index (χ2v) is 10.1. The van der Waals surface area contributed by atoms with E-state index in [-0.39, 0.29) is 53.9 Å². The smallest absolute Gasteiger partial charge is 0.269 e. The molecule has 0 aliphatic carbocycles. The summed E-state index contributed by atoms with van der Waals surface area (Å²) in [6, 6.07) is 9.75. The van der Waals surface area contributed by atoms with E-state index < -0.39 is 14.9 Å². The third-order valence-electron chi connectivity index (χ3n) is 5.12. The van der Waals surface area contributed by atoms with Crippen LogP contribution in [-0.2, 0) is 21.3 Å². The molecule has 1 aliphatic rings. The zero-order valence-corrected chi connectivity index (χ0v) is 19.5. The molecule has 1 heterocycles. The fourth-order valence-corrected chi connectivity index (χ4v) is 5.36. The number of nitrogens with zero attached hydrogens (tertiary/aromatic N) is 3. The van der Waals surface area contributed by atoms with Gasteiger partial charge in [-0.25, -0.2) is 8.42 Å². The lowest BCUT2D eigenvalue weighted by atomic mass is 10.1. The number of hydrogen-bond donors (Lipinski definition) is 0. The van der Waals surface area contributed by atoms with Crippen LogP contribution in [0.5, 0.6) is 0 Å². The van der Waals surface area contributed by atoms with E-state index in [9.17, 15) is 23.3 Å². The quantitative estimate of drug-likeness (QED) is 0.462. The summed E-state index contributed by atoms with van der Waals surface area (Å²) in [6.07, 6.45) is -0.410. The molecule has 0 N–H and O–H groups in total. The van der Waals surface area contributed by atoms with Gasteiger partial charge in [-0.05, 0) is 49.7 Å². The number of hydrogen-bond acceptors (Lipinski definition) is 6. The number of benzene rings is 2. The molecule has 3 rings (SSSR count). The maximum absolute atomic E-state index is 13.0. The monoisotopic (exact) mass is 481 g/mol. The molecule has 1 aliphatic heterocycles. The first kappa shape index (κ1) is 24.1. The third-order valence-corrected chi connectivity index (χ3v) is 7.33. The second-order valence-electron chi connectivity index (χ2n) is 7.80. The molecular formula is C21H24ClN3O6S. The highest BCUT2D eigenvalue weighted by Gasteiger charge is 2.32. The zero-order valence-electron chi connectivity index (χ0n) is 17.9. The van der Waals surface area contributed by atoms with E-state index in [1.165, 1.54) is 51.7 Å². The van der Waals surface area contributed by atoms with Crippen LogP contribution in [0.2, 0.25) is 5.02 Å². The van der Waals surface area contributed by atoms with Gasteiger partial charge in [0.25, 0.3) is 11.6 Å². The summed E-state index contributed by atoms with van der Waals surface area (Å²) in [5, 5.41) is 11.3. The van der Waals surface area contributed by atoms with Crippen LogP contribution in [0.3, 0.4) is 0 Å². The van der Waals surface area contributed by atoms with Crippen molar-refractivity contribution in [3.63, 3.8) is 0 Å². The third kappa shape index (κ3) is 5.26. The van der Waals surface area contributed by atoms with Crippen LogP contribution >= 0.6 is 11.6 Å². The molecule has 11 heteroatoms. The predicted octanol–water partition coefficient (Wildman–Crippen LogP) is 3.32. The Kier molecular flexibility index (Phi) is 7.19. The van der Waals surface area contributed by atoms with Gasteiger partial charge in [0, 0.05) is 49.4 Å². The van der Waals surface area contributed by atoms with Gasteiger partial charge in [0.15, 0.2) is 0 Å². The molecule has 0 radical (unpaired) electrons. The molecule has 2 aromatic rings. The second kappa shape index (κ2) is 9.53. The van der Waals surface area contributed by atoms with Crippen LogP contribution in [0.15, 0.2) is 47.4 Å². The van der Waals surface area contributed by atoms with Gasteiger partial charge in [0.1, 0.15) is 0 Å². The average Bonchev–Trinajstić information content (AvgIpc) is 2.74. The lowest BCUT2D eigenvalue weighted by molar-refractivity contribution is -0.384. The van der Waals surface area contributed by atoms with Crippen molar-refractivity contribution < 1.29 is 22.9 Å². The van der Waals surface area contributed by atoms with Crippen molar-refractivity contribution in [2.24, 2.45) is 0 Å². The summed E-state index contributed by atoms with van der Waals surface area (Å²) in [5.74, 6) is -0.370. The molecule has 172 valence electrons. The summed E-state index contributed by atoms with van der Waals surface area (Å²) in [7, 11) is -2.17. The van der Waals surface area contributed by atoms with Crippen LogP contribution in [0.1, 0.15) is 29.8 Å². The summed E-state index contributed by atoms with van der Waals surface area (Å²) < 4.78 is 32.9. The van der Waals surface area contributed by atoms with E-state index in [2.05, 4.69) is 0 Å². The molecule has 1 amide bonds. The van der Waals surface area contributed by atoms with Crippen molar-refractivity contribution >= 4 is 33.2 Å². The first-order valence-electron chi connectivity index (χ1n) is 9.93. The predicted molar refractivity (Wildman–Crippen MR) is 119 cm³/mol. The standard InChI is InChI=1S/C21H24ClN3O6S/c1-14-11-24(12-15(2)31-14)32(29,30)19-7-4-16(5-8-19)21(26)23(3)13-17-10-18(25(27)28)6-9-20(17)22/h4-10,14-15H,11-13H2,1-3H3/t14-,15-/m0/s1. The summed E-state index contributed by atoms with van der Waals surface area (Å²) in [5.41, 5.74) is 0.606. The fraction of sp³-hybridized carbons (Fsp3) is 0.381. The average molecular weight is 482 g/mol. The molecule has 0 unspecified atom stereocenters. The number of nitro benzene ring substituents is 1. The minimum atomic E-state index is -3.71. The van der Waals surface area contributed by atoms with Gasteiger partial charge in [-0.3, -0.25) is 14.9 Å². The highest BCUT2D eigenvalue weighted by molar-refractivity contribution is 7.89. The Balaban J connectivity index is 1.75. The van der Waals surface area contributed by atoms with Crippen molar-refractivity contribution in [3.05, 3.63) is 68.7 Å². The lowest BCUT2D eigenvalue weighted by Gasteiger charge is -2.34. The van der Waals surface area contributed by atoms with Gasteiger partial charge in [0.05, 0.1) is 22.0 Å². The van der Waals surface area contributed by atoms with Gasteiger partial charge in [-0.1, -0.05) is 11.6 Å². The van der Waals surface area contributed by atoms with Gasteiger partial charge in [0.2, 0.25) is 10.0 Å². The number of non-ortho nitro benzene ring substituents is 1. The Morgan fingerprint density at radius 2 is 1.78 bits per heavy atom. The SMILES string of the molecule is C[C@H]1CN(S(=O)(=O)c2ccc(C(=O)N(C)Cc3cc([N+](=O)[O-])ccc3Cl)cc2)C[C@H](C)O1. The number of morpholine rings is 1. The van der Waals surface area contributed by atoms with E-state index in [1.807, 2.05) is 13.8 Å². The minimum Gasteiger partial charge on any atom is -0.373 e. The van der Waals surface area contributed by atoms with Gasteiger partial charge in [-0.2, -0.15) is 4.31 Å². The normalized spacial score (nSPS) is 19.5. The molecule has 1 fully saturated rings. The van der Waals surface area contributed by atoms with Crippen molar-refractivity contribution in [2.45, 2.75) is 37.5 Å². The lowest BCUT2D eigenvalue weighted by Crippen LogP contribution is -2.48. The molecule has 2 atom stereocenters. The fourth-order valence-electron chi connectivity index (χ4n) is 3.59. The first-order valence-corrected chi connectivity index (χ1v) is 11.7. The van der Waals surface area contributed by atoms with Crippen LogP contribution in [0.25, 0.3) is 0 Å². The number of ether oxygens (including phenoxy) is 1. The van der Waals surface area contributed by atoms with E-state index in [1.54, 1.807) is 7.05 Å². The topological polar surface area (TPSA) is 110 Å². The van der Waals surface area contributed by atoms with Crippen molar-refractivity contribution in [3.8, 4) is 0 Å². The van der Waals surface area contributed by atoms with E-state index >= 15 is 0 Å². The summed E-state index contributed by atoms with van der Waals surface area (Å²) >= 11 is 6.12. The van der Waals surface area contributed by atoms with Crippen molar-refractivity contribution in [1.29, 1.82) is 0 Å². The number of sulfonamides is 1. The number of rotatable bonds is 6. The number of halogens is 1. The van der Waals surface area contributed by atoms with Crippen LogP contribution in [0.4, 0.5) is 5.69 Å². The molecule has 0 saturated carbocycles. The Hall–Kier alpha value is -2.53.